The van der Waals surface area contributed by atoms with E-state index in [1.807, 2.05) is 214 Å². The molecule has 139 heavy (non-hydrogen) atoms. The molecule has 12 heterocycles. The van der Waals surface area contributed by atoms with Crippen molar-refractivity contribution in [1.29, 1.82) is 0 Å². The Morgan fingerprint density at radius 1 is 0.345 bits per heavy atom. The van der Waals surface area contributed by atoms with Gasteiger partial charge in [-0.05, 0) is 181 Å². The number of morpholine rings is 3. The highest BCUT2D eigenvalue weighted by molar-refractivity contribution is 5.94. The van der Waals surface area contributed by atoms with E-state index in [-0.39, 0.29) is 58.7 Å². The Bertz CT molecular complexity index is 6230. The van der Waals surface area contributed by atoms with Crippen LogP contribution in [0.3, 0.4) is 0 Å². The Morgan fingerprint density at radius 3 is 1.12 bits per heavy atom. The van der Waals surface area contributed by atoms with Crippen molar-refractivity contribution in [2.24, 2.45) is 11.8 Å². The molecule has 6 atom stereocenters. The average Bonchev–Trinajstić information content (AvgIpc) is 0.921. The number of carbonyl (C=O) groups is 6. The lowest BCUT2D eigenvalue weighted by atomic mass is 9.80. The van der Waals surface area contributed by atoms with E-state index in [9.17, 15) is 28.8 Å². The summed E-state index contributed by atoms with van der Waals surface area (Å²) in [5, 5.41) is 54.0. The van der Waals surface area contributed by atoms with Crippen molar-refractivity contribution >= 4 is 100 Å². The molecular weight excluding hydrogens is 1760 g/mol. The van der Waals surface area contributed by atoms with Crippen LogP contribution >= 0.6 is 0 Å². The number of aryl methyl sites for hydroxylation is 6. The second kappa shape index (κ2) is 47.1. The van der Waals surface area contributed by atoms with Crippen molar-refractivity contribution in [2.75, 3.05) is 131 Å². The van der Waals surface area contributed by atoms with E-state index < -0.39 is 46.0 Å². The molecule has 6 saturated heterocycles. The zero-order valence-corrected chi connectivity index (χ0v) is 83.9. The molecule has 6 aromatic heterocycles. The van der Waals surface area contributed by atoms with E-state index in [1.54, 1.807) is 0 Å². The molecule has 11 N–H and O–H groups in total. The Kier molecular flexibility index (Phi) is 35.5. The second-order valence-corrected chi connectivity index (χ2v) is 39.9. The van der Waals surface area contributed by atoms with E-state index >= 15 is 0 Å². The average molecular weight is 1900 g/mol. The predicted molar refractivity (Wildman–Crippen MR) is 541 cm³/mol. The van der Waals surface area contributed by atoms with Crippen molar-refractivity contribution in [3.8, 4) is 0 Å². The highest BCUT2D eigenvalue weighted by atomic mass is 16.5. The van der Waals surface area contributed by atoms with Gasteiger partial charge in [-0.15, -0.1) is 0 Å². The Morgan fingerprint density at radius 2 is 0.683 bits per heavy atom. The smallest absolute Gasteiger partial charge is 0.251 e. The number of fused-ring (bicyclic) bond motifs is 6. The van der Waals surface area contributed by atoms with Crippen LogP contribution in [0.2, 0.25) is 0 Å². The van der Waals surface area contributed by atoms with Crippen molar-refractivity contribution in [2.45, 2.75) is 195 Å². The molecule has 6 aliphatic heterocycles. The highest BCUT2D eigenvalue weighted by Gasteiger charge is 2.39. The van der Waals surface area contributed by atoms with Crippen LogP contribution in [0.15, 0.2) is 167 Å². The lowest BCUT2D eigenvalue weighted by molar-refractivity contribution is -0.136. The van der Waals surface area contributed by atoms with Crippen LogP contribution in [0.1, 0.15) is 164 Å². The number of pyridine rings is 4. The maximum Gasteiger partial charge on any atom is 0.251 e. The molecule has 742 valence electrons. The summed E-state index contributed by atoms with van der Waals surface area (Å²) in [4.78, 5) is 93.9. The van der Waals surface area contributed by atoms with Crippen LogP contribution in [0.4, 0.5) is 0 Å². The third-order valence-corrected chi connectivity index (χ3v) is 25.9. The third kappa shape index (κ3) is 27.0. The zero-order chi connectivity index (χ0) is 99.4. The lowest BCUT2D eigenvalue weighted by Gasteiger charge is -2.31. The quantitative estimate of drug-likeness (QED) is 0.0358. The monoisotopic (exact) mass is 1900 g/mol. The van der Waals surface area contributed by atoms with E-state index in [0.717, 1.165) is 180 Å². The lowest BCUT2D eigenvalue weighted by Crippen LogP contribution is -2.52. The summed E-state index contributed by atoms with van der Waals surface area (Å²) in [7, 11) is 0. The summed E-state index contributed by atoms with van der Waals surface area (Å²) in [6.45, 7) is 48.8. The number of amides is 5. The number of ether oxygens (including phenoxy) is 6. The first-order valence-electron chi connectivity index (χ1n) is 48.5. The summed E-state index contributed by atoms with van der Waals surface area (Å²) in [6, 6.07) is 48.7. The van der Waals surface area contributed by atoms with Gasteiger partial charge in [0.05, 0.1) is 104 Å². The van der Waals surface area contributed by atoms with Gasteiger partial charge in [0.2, 0.25) is 11.8 Å². The van der Waals surface area contributed by atoms with E-state index in [2.05, 4.69) is 147 Å². The molecule has 6 aromatic carbocycles. The van der Waals surface area contributed by atoms with Crippen molar-refractivity contribution in [3.63, 3.8) is 0 Å². The van der Waals surface area contributed by atoms with Crippen molar-refractivity contribution in [3.05, 3.63) is 226 Å². The van der Waals surface area contributed by atoms with Crippen molar-refractivity contribution < 1.29 is 66.2 Å². The second-order valence-electron chi connectivity index (χ2n) is 39.9. The fourth-order valence-corrected chi connectivity index (χ4v) is 18.3. The minimum absolute atomic E-state index is 0.0130. The Balaban J connectivity index is 0.000000141. The van der Waals surface area contributed by atoms with Gasteiger partial charge in [-0.25, -0.2) is 0 Å². The maximum atomic E-state index is 12.8. The third-order valence-electron chi connectivity index (χ3n) is 25.9. The number of para-hydroxylation sites is 2. The fraction of sp³-hybridized carbons (Fsp3) is 0.481. The molecule has 0 spiro atoms. The number of nitrogens with one attached hydrogen (secondary N) is 11. The Labute approximate surface area is 814 Å². The molecule has 31 heteroatoms. The molecule has 5 amide bonds. The van der Waals surface area contributed by atoms with Gasteiger partial charge in [-0.1, -0.05) is 145 Å². The van der Waals surface area contributed by atoms with Crippen LogP contribution in [0, 0.1) is 53.4 Å². The number of ketones is 1. The molecule has 0 bridgehead atoms. The molecule has 0 saturated carbocycles. The fourth-order valence-electron chi connectivity index (χ4n) is 18.3. The van der Waals surface area contributed by atoms with Crippen LogP contribution in [-0.2, 0) is 90.3 Å². The largest absolute Gasteiger partial charge is 0.379 e. The van der Waals surface area contributed by atoms with Crippen molar-refractivity contribution in [1.82, 2.24) is 88.7 Å². The Hall–Kier alpha value is -11.6. The highest BCUT2D eigenvalue weighted by Crippen LogP contribution is 2.38. The topological polar surface area (TPSA) is 394 Å². The predicted octanol–water partition coefficient (Wildman–Crippen LogP) is 12.3. The first-order chi connectivity index (χ1) is 66.4. The van der Waals surface area contributed by atoms with Gasteiger partial charge in [0.1, 0.15) is 35.8 Å². The number of carbonyl (C=O) groups excluding carboxylic acids is 6. The summed E-state index contributed by atoms with van der Waals surface area (Å²) in [5.41, 5.74) is 9.67. The van der Waals surface area contributed by atoms with Crippen LogP contribution < -0.4 is 58.5 Å². The number of aromatic nitrogens is 6. The van der Waals surface area contributed by atoms with Gasteiger partial charge in [-0.3, -0.25) is 48.7 Å². The van der Waals surface area contributed by atoms with E-state index in [1.165, 1.54) is 5.39 Å². The minimum atomic E-state index is -0.642. The van der Waals surface area contributed by atoms with Crippen LogP contribution in [-0.4, -0.2) is 221 Å². The summed E-state index contributed by atoms with van der Waals surface area (Å²) in [5.74, 6) is -0.543. The molecule has 0 aliphatic carbocycles. The van der Waals surface area contributed by atoms with Gasteiger partial charge in [-0.2, -0.15) is 0 Å². The molecular formula is C108H141N17O14. The van der Waals surface area contributed by atoms with Crippen LogP contribution in [0.5, 0.6) is 0 Å². The molecule has 31 nitrogen and oxygen atoms in total. The van der Waals surface area contributed by atoms with Gasteiger partial charge in [0.15, 0.2) is 16.9 Å². The number of Topliss-reactive ketones (excluding diaryl/α,β-unsaturated/α-hetero) is 1. The molecule has 12 aromatic rings. The summed E-state index contributed by atoms with van der Waals surface area (Å²) >= 11 is 0. The number of hydrogen-bond donors (Lipinski definition) is 11. The number of rotatable bonds is 19. The normalized spacial score (nSPS) is 19.1. The van der Waals surface area contributed by atoms with Gasteiger partial charge in [0.25, 0.3) is 17.7 Å². The van der Waals surface area contributed by atoms with Gasteiger partial charge in [0, 0.05) is 162 Å². The molecule has 6 fully saturated rings. The number of benzene rings is 6. The number of hydrogen-bond acceptors (Lipinski definition) is 26. The SMILES string of the molecule is Cc1cc2ccccc2c(C(C)(C)CC(=O)C2CCNCCO2)n1.Cc1cc2ccccc2c(C(C)(C)NC(=O)[C@@H]2CNCCO2)n1.Cc1cccc2c(C(C)(C)NC(=O)C3CNCCOC3)noc12.Cc1cccc2c(C(C)(C)NC(=O)[C@@H]3CNCCO3)noc12.Cc1ncc(C(C)(C)NC(=O)C2CNCCOC2)c2ccccc12.Cc1ncc(C(C)(C)NC(=O)[C@H]2CNCCO2)c2ccccc12. The molecule has 18 rings (SSSR count). The summed E-state index contributed by atoms with van der Waals surface area (Å²) in [6.07, 6.45) is 3.28. The van der Waals surface area contributed by atoms with E-state index in [4.69, 9.17) is 47.4 Å². The first kappa shape index (κ1) is 105. The zero-order valence-electron chi connectivity index (χ0n) is 83.9. The molecule has 3 unspecified atom stereocenters. The number of nitrogens with zero attached hydrogens (tertiary/aromatic N) is 6. The first-order valence-corrected chi connectivity index (χ1v) is 48.5. The standard InChI is InChI=1S/C20H26N2O2.C19H25N3O2.2C18H23N3O2.C17H23N3O3.C16H21N3O3/c1-14-12-15-6-4-5-7-16(15)19(22-14)20(2,3)13-17(23)18-8-9-21-10-11-24-18;1-13-15-6-4-5-7-16(15)17(11-21-13)19(2,3)22-18(23)14-10-20-8-9-24-12-14;1-12-13-6-4-5-7-14(13)15(10-20-12)18(2,3)21-17(22)16-11-19-8-9-23-16;1-12-10-13-6-4-5-7-14(13)16(20-12)18(2,3)21-17(22)15-11-19-8-9-23-15;1-11-5-4-6-13-14(11)23-20-15(13)17(2,3)19-16(21)12-9-18-7-8-22-10-12;1-10-5-4-6-11-13(10)22-19-14(11)16(2,3)18-15(20)12-9-17-7-8-21-12/h4-7,12,18,21H,8-11,13H2,1-3H3;4-7,11,14,20H,8-10,12H2,1-3H3,(H,22,23);4-7,10,16,19H,8-9,11H2,1-3H3,(H,21,22);4-7,10,15,19H,8-9,11H2,1-3H3,(H,21,22);4-6,12,18H,7-10H2,1-3H3,(H,19,21);4-6,12,17H,7-9H2,1-3H3,(H,18,20)/t;;16-;15-;;12-/m..10.0/s1. The maximum absolute atomic E-state index is 12.8. The van der Waals surface area contributed by atoms with E-state index in [0.29, 0.717) is 92.0 Å². The van der Waals surface area contributed by atoms with Gasteiger partial charge >= 0.3 is 0 Å². The van der Waals surface area contributed by atoms with Crippen LogP contribution in [0.25, 0.3) is 65.0 Å². The molecule has 6 aliphatic rings. The minimum Gasteiger partial charge on any atom is -0.379 e. The molecule has 0 radical (unpaired) electrons. The summed E-state index contributed by atoms with van der Waals surface area (Å²) < 4.78 is 44.2. The van der Waals surface area contributed by atoms with Gasteiger partial charge < -0.3 is 96.0 Å².